The van der Waals surface area contributed by atoms with Crippen molar-refractivity contribution in [3.05, 3.63) is 78.0 Å². The molecule has 0 amide bonds. The van der Waals surface area contributed by atoms with Crippen LogP contribution in [0.4, 0.5) is 4.39 Å². The highest BCUT2D eigenvalue weighted by molar-refractivity contribution is 6.00. The second-order valence-electron chi connectivity index (χ2n) is 8.35. The Bertz CT molecular complexity index is 1270. The molecule has 2 aromatic heterocycles. The van der Waals surface area contributed by atoms with Crippen LogP contribution in [-0.2, 0) is 4.74 Å². The number of nitrogens with zero attached hydrogens (tertiary/aromatic N) is 3. The average molecular weight is 429 g/mol. The summed E-state index contributed by atoms with van der Waals surface area (Å²) in [6.07, 6.45) is 7.64. The number of hydrogen-bond donors (Lipinski definition) is 0. The molecule has 0 atom stereocenters. The molecule has 6 heteroatoms. The van der Waals surface area contributed by atoms with Gasteiger partial charge in [-0.25, -0.2) is 14.4 Å². The zero-order valence-electron chi connectivity index (χ0n) is 17.9. The highest BCUT2D eigenvalue weighted by atomic mass is 19.1. The zero-order chi connectivity index (χ0) is 22.1. The van der Waals surface area contributed by atoms with Crippen LogP contribution in [0.25, 0.3) is 28.0 Å². The molecule has 5 nitrogen and oxygen atoms in total. The number of fused-ring (bicyclic) bond motifs is 1. The zero-order valence-corrected chi connectivity index (χ0v) is 17.9. The summed E-state index contributed by atoms with van der Waals surface area (Å²) in [5.41, 5.74) is 3.75. The molecule has 162 valence electrons. The van der Waals surface area contributed by atoms with Crippen molar-refractivity contribution in [2.24, 2.45) is 5.92 Å². The summed E-state index contributed by atoms with van der Waals surface area (Å²) >= 11 is 0. The van der Waals surface area contributed by atoms with Gasteiger partial charge in [0, 0.05) is 60.3 Å². The van der Waals surface area contributed by atoms with Gasteiger partial charge in [-0.3, -0.25) is 9.36 Å². The lowest BCUT2D eigenvalue weighted by Gasteiger charge is -2.21. The van der Waals surface area contributed by atoms with Crippen LogP contribution in [-0.4, -0.2) is 33.5 Å². The van der Waals surface area contributed by atoms with Crippen molar-refractivity contribution >= 4 is 16.7 Å². The third-order valence-electron chi connectivity index (χ3n) is 6.18. The van der Waals surface area contributed by atoms with Crippen LogP contribution in [0.15, 0.2) is 61.1 Å². The maximum atomic E-state index is 14.1. The predicted molar refractivity (Wildman–Crippen MR) is 121 cm³/mol. The van der Waals surface area contributed by atoms with Gasteiger partial charge in [0.15, 0.2) is 5.78 Å². The fraction of sp³-hybridized carbons (Fsp3) is 0.269. The number of Topliss-reactive ketones (excluding diaryl/α,β-unsaturated/α-hetero) is 1. The van der Waals surface area contributed by atoms with Gasteiger partial charge < -0.3 is 4.74 Å². The first-order valence-corrected chi connectivity index (χ1v) is 10.9. The van der Waals surface area contributed by atoms with Gasteiger partial charge in [0.1, 0.15) is 5.82 Å². The molecule has 2 aromatic carbocycles. The number of halogens is 1. The lowest BCUT2D eigenvalue weighted by Crippen LogP contribution is -2.18. The fourth-order valence-corrected chi connectivity index (χ4v) is 4.35. The third kappa shape index (κ3) is 3.94. The van der Waals surface area contributed by atoms with E-state index in [1.807, 2.05) is 35.9 Å². The minimum Gasteiger partial charge on any atom is -0.381 e. The largest absolute Gasteiger partial charge is 0.381 e. The second kappa shape index (κ2) is 8.63. The predicted octanol–water partition coefficient (Wildman–Crippen LogP) is 5.53. The van der Waals surface area contributed by atoms with Crippen molar-refractivity contribution in [1.82, 2.24) is 14.5 Å². The Morgan fingerprint density at radius 1 is 1.12 bits per heavy atom. The van der Waals surface area contributed by atoms with Crippen LogP contribution in [0.3, 0.4) is 0 Å². The van der Waals surface area contributed by atoms with Gasteiger partial charge in [-0.1, -0.05) is 30.3 Å². The molecular weight excluding hydrogens is 405 g/mol. The summed E-state index contributed by atoms with van der Waals surface area (Å²) in [6.45, 7) is 3.49. The lowest BCUT2D eigenvalue weighted by atomic mass is 9.92. The summed E-state index contributed by atoms with van der Waals surface area (Å²) in [6, 6.07) is 12.4. The monoisotopic (exact) mass is 429 g/mol. The van der Waals surface area contributed by atoms with E-state index in [0.29, 0.717) is 35.0 Å². The Balaban J connectivity index is 1.47. The summed E-state index contributed by atoms with van der Waals surface area (Å²) in [5.74, 6) is 0.714. The first kappa shape index (κ1) is 20.5. The van der Waals surface area contributed by atoms with E-state index in [2.05, 4.69) is 9.97 Å². The summed E-state index contributed by atoms with van der Waals surface area (Å²) in [5, 5.41) is 1.05. The molecule has 0 N–H and O–H groups in total. The molecule has 4 aromatic rings. The van der Waals surface area contributed by atoms with E-state index in [0.717, 1.165) is 42.5 Å². The van der Waals surface area contributed by atoms with E-state index in [1.165, 1.54) is 6.07 Å². The molecule has 1 aliphatic heterocycles. The lowest BCUT2D eigenvalue weighted by molar-refractivity contribution is 0.0601. The van der Waals surface area contributed by atoms with Crippen molar-refractivity contribution in [1.29, 1.82) is 0 Å². The van der Waals surface area contributed by atoms with Gasteiger partial charge in [0.05, 0.1) is 5.52 Å². The Morgan fingerprint density at radius 2 is 1.88 bits per heavy atom. The Hall–Kier alpha value is -3.38. The second-order valence-corrected chi connectivity index (χ2v) is 8.35. The highest BCUT2D eigenvalue weighted by Gasteiger charge is 2.19. The number of aromatic nitrogens is 3. The van der Waals surface area contributed by atoms with Crippen LogP contribution in [0.1, 0.15) is 35.2 Å². The molecule has 1 saturated heterocycles. The molecule has 0 radical (unpaired) electrons. The van der Waals surface area contributed by atoms with Gasteiger partial charge in [-0.2, -0.15) is 0 Å². The van der Waals surface area contributed by atoms with Crippen LogP contribution in [0.2, 0.25) is 0 Å². The standard InChI is InChI=1S/C26H24FN3O2/c1-17-16-30(26-28-14-20(15-29-26)22-4-2-3-5-23(22)27)24-13-19(6-7-21(17)24)25(31)12-18-8-10-32-11-9-18/h2-7,13-16,18H,8-12H2,1H3. The molecule has 32 heavy (non-hydrogen) atoms. The summed E-state index contributed by atoms with van der Waals surface area (Å²) in [4.78, 5) is 21.9. The molecule has 1 aliphatic rings. The quantitative estimate of drug-likeness (QED) is 0.391. The number of carbonyl (C=O) groups excluding carboxylic acids is 1. The maximum Gasteiger partial charge on any atom is 0.234 e. The van der Waals surface area contributed by atoms with Crippen molar-refractivity contribution in [3.63, 3.8) is 0 Å². The molecule has 0 bridgehead atoms. The average Bonchev–Trinajstić information content (AvgIpc) is 3.16. The van der Waals surface area contributed by atoms with E-state index < -0.39 is 0 Å². The number of ether oxygens (including phenoxy) is 1. The molecule has 0 aliphatic carbocycles. The van der Waals surface area contributed by atoms with Gasteiger partial charge in [-0.15, -0.1) is 0 Å². The van der Waals surface area contributed by atoms with E-state index >= 15 is 0 Å². The molecule has 5 rings (SSSR count). The summed E-state index contributed by atoms with van der Waals surface area (Å²) < 4.78 is 21.4. The maximum absolute atomic E-state index is 14.1. The number of aryl methyl sites for hydroxylation is 1. The van der Waals surface area contributed by atoms with Crippen molar-refractivity contribution < 1.29 is 13.9 Å². The minimum atomic E-state index is -0.307. The fourth-order valence-electron chi connectivity index (χ4n) is 4.35. The first-order valence-electron chi connectivity index (χ1n) is 10.9. The number of carbonyl (C=O) groups is 1. The van der Waals surface area contributed by atoms with Crippen molar-refractivity contribution in [3.8, 4) is 17.1 Å². The van der Waals surface area contributed by atoms with Crippen LogP contribution >= 0.6 is 0 Å². The first-order chi connectivity index (χ1) is 15.6. The van der Waals surface area contributed by atoms with Crippen molar-refractivity contribution in [2.75, 3.05) is 13.2 Å². The molecule has 0 unspecified atom stereocenters. The van der Waals surface area contributed by atoms with Gasteiger partial charge in [0.25, 0.3) is 0 Å². The van der Waals surface area contributed by atoms with Crippen LogP contribution < -0.4 is 0 Å². The molecule has 0 saturated carbocycles. The Kier molecular flexibility index (Phi) is 5.53. The Morgan fingerprint density at radius 3 is 2.62 bits per heavy atom. The summed E-state index contributed by atoms with van der Waals surface area (Å²) in [7, 11) is 0. The topological polar surface area (TPSA) is 57.0 Å². The number of rotatable bonds is 5. The van der Waals surface area contributed by atoms with E-state index in [-0.39, 0.29) is 11.6 Å². The van der Waals surface area contributed by atoms with Crippen molar-refractivity contribution in [2.45, 2.75) is 26.2 Å². The highest BCUT2D eigenvalue weighted by Crippen LogP contribution is 2.27. The van der Waals surface area contributed by atoms with Gasteiger partial charge in [-0.05, 0) is 43.4 Å². The number of hydrogen-bond acceptors (Lipinski definition) is 4. The Labute approximate surface area is 185 Å². The molecule has 0 spiro atoms. The van der Waals surface area contributed by atoms with Gasteiger partial charge in [0.2, 0.25) is 5.95 Å². The van der Waals surface area contributed by atoms with Crippen LogP contribution in [0.5, 0.6) is 0 Å². The van der Waals surface area contributed by atoms with Crippen LogP contribution in [0, 0.1) is 18.7 Å². The van der Waals surface area contributed by atoms with E-state index in [1.54, 1.807) is 30.6 Å². The van der Waals surface area contributed by atoms with Gasteiger partial charge >= 0.3 is 0 Å². The molecular formula is C26H24FN3O2. The van der Waals surface area contributed by atoms with E-state index in [9.17, 15) is 9.18 Å². The SMILES string of the molecule is Cc1cn(-c2ncc(-c3ccccc3F)cn2)c2cc(C(=O)CC3CCOCC3)ccc12. The molecule has 3 heterocycles. The molecule has 1 fully saturated rings. The smallest absolute Gasteiger partial charge is 0.234 e. The van der Waals surface area contributed by atoms with E-state index in [4.69, 9.17) is 4.74 Å². The normalized spacial score (nSPS) is 14.7. The third-order valence-corrected chi connectivity index (χ3v) is 6.18. The number of benzene rings is 2. The minimum absolute atomic E-state index is 0.153. The number of ketones is 1.